The number of carbonyl (C=O) groups is 10. The summed E-state index contributed by atoms with van der Waals surface area (Å²) < 4.78 is 20.9. The van der Waals surface area contributed by atoms with E-state index in [9.17, 15) is 47.9 Å². The lowest BCUT2D eigenvalue weighted by molar-refractivity contribution is -0.151. The molecule has 9 rings (SSSR count). The lowest BCUT2D eigenvalue weighted by Gasteiger charge is -2.23. The highest BCUT2D eigenvalue weighted by atomic mass is 16.5. The number of hydrogen-bond acceptors (Lipinski definition) is 17. The van der Waals surface area contributed by atoms with Gasteiger partial charge in [0.1, 0.15) is 44.6 Å². The lowest BCUT2D eigenvalue weighted by Crippen LogP contribution is -2.38. The first kappa shape index (κ1) is 86.9. The number of esters is 4. The van der Waals surface area contributed by atoms with Gasteiger partial charge in [0.25, 0.3) is 0 Å². The maximum Gasteiger partial charge on any atom is 0.323 e. The molecule has 103 heavy (non-hydrogen) atoms. The Kier molecular flexibility index (Phi) is 42.8. The van der Waals surface area contributed by atoms with Crippen molar-refractivity contribution in [2.75, 3.05) is 80.5 Å². The Morgan fingerprint density at radius 1 is 0.350 bits per heavy atom. The first-order valence-corrected chi connectivity index (χ1v) is 37.0. The van der Waals surface area contributed by atoms with E-state index in [4.69, 9.17) is 34.9 Å². The topological polar surface area (TPSA) is 294 Å². The number of likely N-dealkylation sites (tertiary alicyclic amines) is 4. The molecular weight excluding hydrogens is 1310 g/mol. The number of carbonyl (C=O) groups excluding carboxylic acids is 8. The maximum atomic E-state index is 12.3. The molecule has 5 atom stereocenters. The van der Waals surface area contributed by atoms with E-state index in [-0.39, 0.29) is 85.7 Å². The van der Waals surface area contributed by atoms with E-state index in [0.717, 1.165) is 126 Å². The smallest absolute Gasteiger partial charge is 0.323 e. The summed E-state index contributed by atoms with van der Waals surface area (Å²) in [6, 6.07) is 36.4. The van der Waals surface area contributed by atoms with Crippen molar-refractivity contribution >= 4 is 59.4 Å². The third-order valence-electron chi connectivity index (χ3n) is 18.4. The second kappa shape index (κ2) is 50.8. The summed E-state index contributed by atoms with van der Waals surface area (Å²) in [6.45, 7) is 11.3. The zero-order valence-electron chi connectivity index (χ0n) is 62.1. The van der Waals surface area contributed by atoms with Crippen LogP contribution < -0.4 is 5.73 Å². The van der Waals surface area contributed by atoms with Gasteiger partial charge in [-0.2, -0.15) is 0 Å². The highest BCUT2D eigenvalue weighted by molar-refractivity contribution is 5.81. The van der Waals surface area contributed by atoms with Crippen molar-refractivity contribution in [3.63, 3.8) is 0 Å². The average molecular weight is 1430 g/mol. The van der Waals surface area contributed by atoms with Crippen LogP contribution in [0.3, 0.4) is 0 Å². The van der Waals surface area contributed by atoms with Crippen LogP contribution in [0.25, 0.3) is 0 Å². The van der Waals surface area contributed by atoms with Gasteiger partial charge in [-0.1, -0.05) is 167 Å². The van der Waals surface area contributed by atoms with Crippen LogP contribution >= 0.6 is 0 Å². The first-order chi connectivity index (χ1) is 49.5. The molecule has 568 valence electrons. The molecule has 0 radical (unpaired) electrons. The van der Waals surface area contributed by atoms with Crippen molar-refractivity contribution in [3.05, 3.63) is 144 Å². The van der Waals surface area contributed by atoms with Gasteiger partial charge in [-0.05, 0) is 134 Å². The minimum atomic E-state index is -0.896. The van der Waals surface area contributed by atoms with Gasteiger partial charge < -0.3 is 54.5 Å². The molecule has 1 aliphatic carbocycles. The number of hydrogen-bond donors (Lipinski definition) is 3. The standard InChI is InChI=1S/C18H26N2O3.C17H23NO3.C16H22N2O3.C13H16O4.C11H20N2O3.C5H10/c1-19(2)16(10-11-17(21)20-12-6-7-13-20)18(22)23-14-15-8-4-3-5-9-15;1-14(9-10-16(19)18-11-5-6-12-18)17(20)21-13-15-7-3-2-4-8-15;17-14(8-9-15(19)18-10-4-5-11-18)16(20)21-12-13-6-2-1-3-7-13;1-10(7-8-12(14)15)13(16)17-9-11-5-3-2-4-6-11;1-12(2)9(11(15)16)5-6-10(14)13-7-3-4-8-13;1-2-4-5-3-1/h3-5,8-9,16H,6-7,10-14H2,1-2H3;2-4,7-8,14H,5-6,9-13H2,1H3;1-3,6-7,14H,4-5,8-12,17H2;2-6,10H,7-9H2,1H3,(H,14,15);9H,3-8H2,1-2H3,(H,15,16);1-5H2/t16-;2*14-;10-;9-;/m11111./s1. The number of rotatable bonds is 30. The molecular formula is C80H117N7O16. The van der Waals surface area contributed by atoms with Gasteiger partial charge in [0.2, 0.25) is 23.6 Å². The van der Waals surface area contributed by atoms with Gasteiger partial charge in [0, 0.05) is 84.5 Å². The second-order valence-corrected chi connectivity index (χ2v) is 27.3. The number of nitrogens with two attached hydrogens (primary N) is 1. The monoisotopic (exact) mass is 1430 g/mol. The van der Waals surface area contributed by atoms with E-state index in [0.29, 0.717) is 64.4 Å². The molecule has 4 heterocycles. The van der Waals surface area contributed by atoms with Gasteiger partial charge >= 0.3 is 35.8 Å². The van der Waals surface area contributed by atoms with Crippen molar-refractivity contribution in [1.29, 1.82) is 0 Å². The van der Waals surface area contributed by atoms with Crippen LogP contribution in [0.15, 0.2) is 121 Å². The summed E-state index contributed by atoms with van der Waals surface area (Å²) in [5, 5.41) is 17.5. The predicted octanol–water partition coefficient (Wildman–Crippen LogP) is 10.9. The SMILES string of the molecule is C1CCCC1.CN(C)[C@H](CCC(=O)N1CCCC1)C(=O)O.CN(C)[C@H](CCC(=O)N1CCCC1)C(=O)OCc1ccccc1.C[C@H](CCC(=O)N1CCCC1)C(=O)OCc1ccccc1.C[C@H](CCC(=O)O)C(=O)OCc1ccccc1.N[C@H](CCC(=O)N1CCCC1)C(=O)OCc1ccccc1. The van der Waals surface area contributed by atoms with E-state index < -0.39 is 30.0 Å². The molecule has 4 saturated heterocycles. The van der Waals surface area contributed by atoms with E-state index in [2.05, 4.69) is 0 Å². The number of carboxylic acid groups (broad SMARTS) is 2. The fourth-order valence-corrected chi connectivity index (χ4v) is 11.8. The van der Waals surface area contributed by atoms with Gasteiger partial charge in [-0.25, -0.2) is 0 Å². The van der Waals surface area contributed by atoms with Gasteiger partial charge in [0.05, 0.1) is 11.8 Å². The number of aliphatic carboxylic acids is 2. The summed E-state index contributed by atoms with van der Waals surface area (Å²) in [7, 11) is 7.13. The normalized spacial score (nSPS) is 15.8. The second-order valence-electron chi connectivity index (χ2n) is 27.3. The molecule has 23 nitrogen and oxygen atoms in total. The van der Waals surface area contributed by atoms with Gasteiger partial charge in [-0.3, -0.25) is 57.7 Å². The number of ether oxygens (including phenoxy) is 4. The highest BCUT2D eigenvalue weighted by Crippen LogP contribution is 2.19. The Balaban J connectivity index is 0.000000269. The first-order valence-electron chi connectivity index (χ1n) is 37.0. The van der Waals surface area contributed by atoms with E-state index in [1.165, 1.54) is 32.1 Å². The van der Waals surface area contributed by atoms with Crippen molar-refractivity contribution in [1.82, 2.24) is 29.4 Å². The quantitative estimate of drug-likeness (QED) is 0.0323. The molecule has 0 aromatic heterocycles. The van der Waals surface area contributed by atoms with Gasteiger partial charge in [0.15, 0.2) is 0 Å². The van der Waals surface area contributed by atoms with Crippen LogP contribution in [0.2, 0.25) is 0 Å². The van der Waals surface area contributed by atoms with Gasteiger partial charge in [-0.15, -0.1) is 0 Å². The van der Waals surface area contributed by atoms with Crippen molar-refractivity contribution in [2.45, 2.75) is 206 Å². The third kappa shape index (κ3) is 36.9. The minimum Gasteiger partial charge on any atom is -0.481 e. The molecule has 4 aromatic carbocycles. The lowest BCUT2D eigenvalue weighted by atomic mass is 10.1. The number of nitrogens with zero attached hydrogens (tertiary/aromatic N) is 6. The van der Waals surface area contributed by atoms with Crippen LogP contribution in [0.5, 0.6) is 0 Å². The van der Waals surface area contributed by atoms with Crippen LogP contribution in [0, 0.1) is 11.8 Å². The van der Waals surface area contributed by atoms with Crippen molar-refractivity contribution in [2.24, 2.45) is 17.6 Å². The molecule has 5 aliphatic rings. The Hall–Kier alpha value is -8.54. The number of carboxylic acids is 2. The van der Waals surface area contributed by atoms with Crippen LogP contribution in [0.1, 0.15) is 184 Å². The fraction of sp³-hybridized carbons (Fsp3) is 0.575. The zero-order valence-corrected chi connectivity index (χ0v) is 62.1. The molecule has 5 fully saturated rings. The molecule has 1 saturated carbocycles. The maximum absolute atomic E-state index is 12.3. The predicted molar refractivity (Wildman–Crippen MR) is 394 cm³/mol. The Morgan fingerprint density at radius 2 is 0.602 bits per heavy atom. The van der Waals surface area contributed by atoms with Crippen LogP contribution in [-0.2, 0) is 93.3 Å². The largest absolute Gasteiger partial charge is 0.481 e. The molecule has 0 bridgehead atoms. The zero-order chi connectivity index (χ0) is 75.2. The molecule has 23 heteroatoms. The van der Waals surface area contributed by atoms with E-state index >= 15 is 0 Å². The Morgan fingerprint density at radius 3 is 0.883 bits per heavy atom. The summed E-state index contributed by atoms with van der Waals surface area (Å²) in [5.74, 6) is -3.20. The summed E-state index contributed by atoms with van der Waals surface area (Å²) in [6.07, 6.45) is 19.7. The molecule has 4 aromatic rings. The summed E-state index contributed by atoms with van der Waals surface area (Å²) in [5.41, 5.74) is 9.57. The molecule has 0 unspecified atom stereocenters. The fourth-order valence-electron chi connectivity index (χ4n) is 11.8. The number of benzene rings is 4. The summed E-state index contributed by atoms with van der Waals surface area (Å²) >= 11 is 0. The Labute approximate surface area is 611 Å². The number of likely N-dealkylation sites (N-methyl/N-ethyl adjacent to an activating group) is 2. The van der Waals surface area contributed by atoms with Crippen molar-refractivity contribution < 1.29 is 77.1 Å². The van der Waals surface area contributed by atoms with Crippen LogP contribution in [0.4, 0.5) is 0 Å². The average Bonchev–Trinajstić information content (AvgIpc) is 1.86. The molecule has 4 aliphatic heterocycles. The van der Waals surface area contributed by atoms with Crippen molar-refractivity contribution in [3.8, 4) is 0 Å². The third-order valence-corrected chi connectivity index (χ3v) is 18.4. The molecule has 0 spiro atoms. The molecule has 4 amide bonds. The number of amides is 4. The summed E-state index contributed by atoms with van der Waals surface area (Å²) in [4.78, 5) is 127. The molecule has 4 N–H and O–H groups in total. The van der Waals surface area contributed by atoms with Crippen LogP contribution in [-0.4, -0.2) is 198 Å². The van der Waals surface area contributed by atoms with E-state index in [1.807, 2.05) is 167 Å². The highest BCUT2D eigenvalue weighted by Gasteiger charge is 2.28. The Bertz CT molecular complexity index is 3000. The van der Waals surface area contributed by atoms with E-state index in [1.54, 1.807) is 25.9 Å². The minimum absolute atomic E-state index is 0.0123.